The van der Waals surface area contributed by atoms with Gasteiger partial charge in [-0.1, -0.05) is 54.6 Å². The van der Waals surface area contributed by atoms with Crippen molar-refractivity contribution in [2.45, 2.75) is 19.8 Å². The van der Waals surface area contributed by atoms with E-state index >= 15 is 0 Å². The van der Waals surface area contributed by atoms with E-state index in [1.165, 1.54) is 76.2 Å². The summed E-state index contributed by atoms with van der Waals surface area (Å²) in [5, 5.41) is 73.2. The molecule has 0 aliphatic heterocycles. The number of halogens is 10. The molecule has 0 saturated heterocycles. The Morgan fingerprint density at radius 3 is 1.39 bits per heavy atom. The van der Waals surface area contributed by atoms with Gasteiger partial charge in [0.05, 0.1) is 81.9 Å². The summed E-state index contributed by atoms with van der Waals surface area (Å²) < 4.78 is 124. The number of amides is 1. The summed E-state index contributed by atoms with van der Waals surface area (Å²) in [5.41, 5.74) is 16.5. The van der Waals surface area contributed by atoms with E-state index in [1.807, 2.05) is 6.08 Å². The zero-order valence-electron chi connectivity index (χ0n) is 56.9. The molecule has 5 aromatic heterocycles. The van der Waals surface area contributed by atoms with Crippen LogP contribution in [0.1, 0.15) is 52.2 Å². The maximum absolute atomic E-state index is 14.1. The van der Waals surface area contributed by atoms with Gasteiger partial charge in [0.15, 0.2) is 0 Å². The highest BCUT2D eigenvalue weighted by atomic mass is 79.9. The summed E-state index contributed by atoms with van der Waals surface area (Å²) in [5.74, 6) is -5.54. The predicted molar refractivity (Wildman–Crippen MR) is 396 cm³/mol. The lowest BCUT2D eigenvalue weighted by Gasteiger charge is -2.06. The van der Waals surface area contributed by atoms with E-state index in [2.05, 4.69) is 56.9 Å². The van der Waals surface area contributed by atoms with Crippen LogP contribution in [0.2, 0.25) is 0 Å². The Balaban J connectivity index is 0.000000142. The van der Waals surface area contributed by atoms with Crippen LogP contribution in [0, 0.1) is 106 Å². The molecule has 0 unspecified atom stereocenters. The number of H-pyrrole nitrogens is 2. The number of aryl methyl sites for hydroxylation is 4. The van der Waals surface area contributed by atoms with Gasteiger partial charge >= 0.3 is 22.7 Å². The molecule has 1 aliphatic carbocycles. The van der Waals surface area contributed by atoms with E-state index in [0.29, 0.717) is 76.4 Å². The Hall–Kier alpha value is -13.9. The fourth-order valence-corrected chi connectivity index (χ4v) is 10.9. The van der Waals surface area contributed by atoms with Crippen LogP contribution in [0.3, 0.4) is 0 Å². The van der Waals surface area contributed by atoms with Gasteiger partial charge in [-0.05, 0) is 125 Å². The molecule has 0 bridgehead atoms. The van der Waals surface area contributed by atoms with Gasteiger partial charge in [0.1, 0.15) is 33.7 Å². The molecule has 1 saturated carbocycles. The SMILES string of the molecule is Cc1cc([N+](=O)[O-])c(F)cc1N.Cn1nc(/C=C/c2ccc(F)cc2)c2cc(N)c(F)cc21.Cn1nc(/C=C/c2ccc(F)cc2)c2cc([N+](=O)[O-])c(F)cc21.Cn1nc(Br)c2cc([N+](=O)[O-])c(F)cc21.O=C(Nc1cc2c(/C=C/c3ccc(F)cc3)n[nH]c2cc1F)C1CC1.O=[N+]([O-])c1cc2cn[nH]c2cc1F. The molecule has 9 aromatic carbocycles. The lowest BCUT2D eigenvalue weighted by molar-refractivity contribution is -0.387. The molecule has 15 rings (SSSR count). The second kappa shape index (κ2) is 33.5. The molecular weight excluding hydrogens is 1510 g/mol. The largest absolute Gasteiger partial charge is 0.398 e. The van der Waals surface area contributed by atoms with Gasteiger partial charge in [-0.25, -0.2) is 22.0 Å². The van der Waals surface area contributed by atoms with Crippen LogP contribution >= 0.6 is 15.9 Å². The van der Waals surface area contributed by atoms with Crippen LogP contribution in [-0.4, -0.2) is 75.3 Å². The van der Waals surface area contributed by atoms with Crippen molar-refractivity contribution in [2.24, 2.45) is 27.1 Å². The van der Waals surface area contributed by atoms with Crippen molar-refractivity contribution in [3.8, 4) is 0 Å². The summed E-state index contributed by atoms with van der Waals surface area (Å²) in [4.78, 5) is 50.7. The number of carbonyl (C=O) groups is 1. The van der Waals surface area contributed by atoms with Gasteiger partial charge in [0, 0.05) is 120 Å². The van der Waals surface area contributed by atoms with Crippen LogP contribution in [0.4, 0.5) is 79.3 Å². The molecule has 5 heterocycles. The summed E-state index contributed by atoms with van der Waals surface area (Å²) in [6.45, 7) is 1.59. The van der Waals surface area contributed by atoms with E-state index in [0.717, 1.165) is 71.3 Å². The minimum Gasteiger partial charge on any atom is -0.398 e. The number of nitrogens with one attached hydrogen (secondary N) is 3. The number of nitro benzene ring substituents is 4. The van der Waals surface area contributed by atoms with Gasteiger partial charge in [0.2, 0.25) is 29.2 Å². The molecule has 1 fully saturated rings. The molecule has 26 nitrogen and oxygen atoms in total. The average molecular weight is 1570 g/mol. The number of fused-ring (bicyclic) bond motifs is 5. The summed E-state index contributed by atoms with van der Waals surface area (Å²) in [6.07, 6.45) is 13.6. The van der Waals surface area contributed by atoms with E-state index in [1.54, 1.807) is 112 Å². The summed E-state index contributed by atoms with van der Waals surface area (Å²) >= 11 is 3.15. The number of nitrogens with zero attached hydrogens (tertiary/aromatic N) is 12. The molecular formula is C73H55BrF9N17O9. The van der Waals surface area contributed by atoms with E-state index in [9.17, 15) is 84.8 Å². The standard InChI is InChI=1S/C19H15F2N3O.C16H11F2N3O2.C16H13F2N3.C8H5BrFN3O2.C7H4FN3O2.C7H7FN2O2/c20-13-6-1-11(2-7-13)3-8-16-14-9-18(22-19(25)12-4-5-12)15(21)10-17(14)24-23-16;1-20-15-9-13(18)16(21(22)23)8-12(15)14(19-20)7-4-10-2-5-11(17)6-3-10;1-21-16-9-13(18)14(19)8-12(16)15(20-21)7-4-10-2-5-11(17)6-3-10;1-12-6-3-5(10)7(13(14)15)2-4(6)8(9)11-12;8-5-2-6-4(3-9-10-6)1-7(5)11(12)13;1-4-2-7(10(11)12)5(8)3-6(4)9/h1-3,6-10,12H,4-5H2,(H,22,25)(H,23,24);2-9H,1H3;2-9H,19H2,1H3;2-3H,1H3;1-3H,(H,9,10);2-3H,9H2,1H3/b8-3+;2*7-4+;;;. The number of aromatic amines is 2. The highest BCUT2D eigenvalue weighted by Gasteiger charge is 2.30. The van der Waals surface area contributed by atoms with Crippen LogP contribution in [-0.2, 0) is 25.9 Å². The number of hydrogen-bond donors (Lipinski definition) is 5. The molecule has 109 heavy (non-hydrogen) atoms. The van der Waals surface area contributed by atoms with E-state index < -0.39 is 77.3 Å². The third kappa shape index (κ3) is 19.0. The average Bonchev–Trinajstić information content (AvgIpc) is 1.66. The molecule has 7 N–H and O–H groups in total. The number of benzene rings is 9. The quantitative estimate of drug-likeness (QED) is 0.0328. The van der Waals surface area contributed by atoms with Crippen LogP contribution in [0.15, 0.2) is 156 Å². The van der Waals surface area contributed by atoms with Crippen LogP contribution in [0.5, 0.6) is 0 Å². The predicted octanol–water partition coefficient (Wildman–Crippen LogP) is 17.5. The Morgan fingerprint density at radius 1 is 0.477 bits per heavy atom. The number of rotatable bonds is 12. The summed E-state index contributed by atoms with van der Waals surface area (Å²) in [6, 6.07) is 32.7. The minimum atomic E-state index is -0.903. The first-order chi connectivity index (χ1) is 51.8. The van der Waals surface area contributed by atoms with Crippen LogP contribution < -0.4 is 16.8 Å². The smallest absolute Gasteiger partial charge is 0.305 e. The number of aromatic nitrogens is 10. The van der Waals surface area contributed by atoms with Gasteiger partial charge < -0.3 is 16.8 Å². The number of hydrogen-bond acceptors (Lipinski definition) is 16. The second-order valence-corrected chi connectivity index (χ2v) is 24.6. The Kier molecular flexibility index (Phi) is 23.8. The highest BCUT2D eigenvalue weighted by molar-refractivity contribution is 9.10. The van der Waals surface area contributed by atoms with E-state index in [-0.39, 0.29) is 46.3 Å². The number of nitro groups is 4. The number of anilines is 3. The molecule has 0 radical (unpaired) electrons. The molecule has 1 aliphatic rings. The topological polar surface area (TPSA) is 365 Å². The van der Waals surface area contributed by atoms with Crippen molar-refractivity contribution < 1.29 is 64.0 Å². The molecule has 1 amide bonds. The van der Waals surface area contributed by atoms with Crippen molar-refractivity contribution in [3.05, 3.63) is 289 Å². The Morgan fingerprint density at radius 2 is 0.890 bits per heavy atom. The van der Waals surface area contributed by atoms with Crippen molar-refractivity contribution in [1.29, 1.82) is 0 Å². The Bertz CT molecular complexity index is 5940. The lowest BCUT2D eigenvalue weighted by atomic mass is 10.1. The monoisotopic (exact) mass is 1560 g/mol. The maximum atomic E-state index is 14.1. The Labute approximate surface area is 615 Å². The van der Waals surface area contributed by atoms with Gasteiger partial charge in [-0.2, -0.15) is 43.1 Å². The van der Waals surface area contributed by atoms with Gasteiger partial charge in [0.25, 0.3) is 0 Å². The summed E-state index contributed by atoms with van der Waals surface area (Å²) in [7, 11) is 5.01. The van der Waals surface area contributed by atoms with Crippen molar-refractivity contribution in [3.63, 3.8) is 0 Å². The lowest BCUT2D eigenvalue weighted by Crippen LogP contribution is -2.14. The number of nitrogens with two attached hydrogens (primary N) is 2. The second-order valence-electron chi connectivity index (χ2n) is 23.8. The maximum Gasteiger partial charge on any atom is 0.305 e. The number of nitrogen functional groups attached to an aromatic ring is 2. The van der Waals surface area contributed by atoms with Crippen LogP contribution in [0.25, 0.3) is 91.0 Å². The highest BCUT2D eigenvalue weighted by Crippen LogP contribution is 2.34. The van der Waals surface area contributed by atoms with Gasteiger partial charge in [-0.3, -0.25) is 69.5 Å². The zero-order valence-corrected chi connectivity index (χ0v) is 58.5. The molecule has 36 heteroatoms. The third-order valence-corrected chi connectivity index (χ3v) is 16.8. The van der Waals surface area contributed by atoms with Crippen molar-refractivity contribution in [2.75, 3.05) is 16.8 Å². The third-order valence-electron chi connectivity index (χ3n) is 16.2. The first kappa shape index (κ1) is 77.7. The molecule has 0 atom stereocenters. The molecule has 0 spiro atoms. The normalized spacial score (nSPS) is 11.8. The molecule has 556 valence electrons. The molecule has 14 aromatic rings. The zero-order chi connectivity index (χ0) is 78.8. The van der Waals surface area contributed by atoms with Crippen molar-refractivity contribution >= 4 is 153 Å². The number of carbonyl (C=O) groups excluding carboxylic acids is 1. The van der Waals surface area contributed by atoms with E-state index in [4.69, 9.17) is 11.5 Å². The fraction of sp³-hybridized carbons (Fsp3) is 0.0959. The first-order valence-electron chi connectivity index (χ1n) is 31.8. The fourth-order valence-electron chi connectivity index (χ4n) is 10.4. The first-order valence-corrected chi connectivity index (χ1v) is 32.5. The minimum absolute atomic E-state index is 0.00251. The van der Waals surface area contributed by atoms with Crippen molar-refractivity contribution in [1.82, 2.24) is 49.7 Å². The van der Waals surface area contributed by atoms with Gasteiger partial charge in [-0.15, -0.1) is 0 Å².